The van der Waals surface area contributed by atoms with E-state index in [1.165, 1.54) is 12.1 Å². The van der Waals surface area contributed by atoms with Gasteiger partial charge in [0.05, 0.1) is 29.0 Å². The van der Waals surface area contributed by atoms with Crippen LogP contribution < -0.4 is 5.32 Å². The van der Waals surface area contributed by atoms with Crippen molar-refractivity contribution in [3.05, 3.63) is 29.3 Å². The maximum Gasteiger partial charge on any atom is 0.417 e. The summed E-state index contributed by atoms with van der Waals surface area (Å²) >= 11 is 0. The third-order valence-electron chi connectivity index (χ3n) is 3.16. The van der Waals surface area contributed by atoms with E-state index in [1.54, 1.807) is 0 Å². The van der Waals surface area contributed by atoms with E-state index < -0.39 is 41.0 Å². The zero-order chi connectivity index (χ0) is 15.8. The van der Waals surface area contributed by atoms with Crippen LogP contribution in [0.3, 0.4) is 0 Å². The Morgan fingerprint density at radius 1 is 1.33 bits per heavy atom. The quantitative estimate of drug-likeness (QED) is 0.895. The van der Waals surface area contributed by atoms with Crippen molar-refractivity contribution < 1.29 is 27.9 Å². The molecule has 1 aliphatic carbocycles. The number of rotatable bonds is 3. The summed E-state index contributed by atoms with van der Waals surface area (Å²) in [5.74, 6) is -3.26. The maximum absolute atomic E-state index is 12.8. The molecule has 110 valence electrons. The van der Waals surface area contributed by atoms with Crippen LogP contribution in [-0.2, 0) is 15.8 Å². The Labute approximate surface area is 117 Å². The summed E-state index contributed by atoms with van der Waals surface area (Å²) < 4.78 is 38.3. The van der Waals surface area contributed by atoms with Gasteiger partial charge in [-0.15, -0.1) is 0 Å². The maximum atomic E-state index is 12.8. The molecular formula is C13H9F3N2O3. The fraction of sp³-hybridized carbons (Fsp3) is 0.308. The Morgan fingerprint density at radius 3 is 2.48 bits per heavy atom. The van der Waals surface area contributed by atoms with Gasteiger partial charge >= 0.3 is 12.1 Å². The van der Waals surface area contributed by atoms with E-state index in [0.29, 0.717) is 6.07 Å². The average molecular weight is 298 g/mol. The summed E-state index contributed by atoms with van der Waals surface area (Å²) in [6.45, 7) is 0. The Morgan fingerprint density at radius 2 is 2.00 bits per heavy atom. The van der Waals surface area contributed by atoms with E-state index in [9.17, 15) is 22.8 Å². The third-order valence-corrected chi connectivity index (χ3v) is 3.16. The molecule has 1 saturated carbocycles. The van der Waals surface area contributed by atoms with Crippen molar-refractivity contribution in [1.29, 1.82) is 5.26 Å². The molecule has 0 saturated heterocycles. The van der Waals surface area contributed by atoms with Crippen molar-refractivity contribution >= 4 is 17.6 Å². The van der Waals surface area contributed by atoms with Crippen LogP contribution >= 0.6 is 0 Å². The second kappa shape index (κ2) is 5.09. The Bertz CT molecular complexity index is 649. The number of hydrogen-bond donors (Lipinski definition) is 2. The third kappa shape index (κ3) is 3.13. The highest BCUT2D eigenvalue weighted by atomic mass is 19.4. The Kier molecular flexibility index (Phi) is 3.60. The van der Waals surface area contributed by atoms with Crippen molar-refractivity contribution in [2.24, 2.45) is 11.8 Å². The number of nitriles is 1. The predicted octanol–water partition coefficient (Wildman–Crippen LogP) is 2.24. The van der Waals surface area contributed by atoms with Gasteiger partial charge in [0.1, 0.15) is 0 Å². The van der Waals surface area contributed by atoms with Gasteiger partial charge in [0.2, 0.25) is 5.91 Å². The smallest absolute Gasteiger partial charge is 0.417 e. The number of benzene rings is 1. The molecule has 0 aliphatic heterocycles. The molecule has 0 heterocycles. The molecule has 21 heavy (non-hydrogen) atoms. The predicted molar refractivity (Wildman–Crippen MR) is 64.0 cm³/mol. The number of aliphatic carboxylic acids is 1. The minimum Gasteiger partial charge on any atom is -0.481 e. The number of nitrogens with zero attached hydrogens (tertiary/aromatic N) is 1. The van der Waals surface area contributed by atoms with Crippen LogP contribution in [0.15, 0.2) is 18.2 Å². The molecule has 1 aromatic rings. The van der Waals surface area contributed by atoms with E-state index in [1.807, 2.05) is 0 Å². The van der Waals surface area contributed by atoms with Gasteiger partial charge in [-0.25, -0.2) is 0 Å². The van der Waals surface area contributed by atoms with Crippen molar-refractivity contribution in [3.8, 4) is 6.07 Å². The average Bonchev–Trinajstić information content (AvgIpc) is 3.18. The first-order valence-corrected chi connectivity index (χ1v) is 5.89. The number of alkyl halides is 3. The Balaban J connectivity index is 2.17. The van der Waals surface area contributed by atoms with Gasteiger partial charge in [0.15, 0.2) is 0 Å². The summed E-state index contributed by atoms with van der Waals surface area (Å²) in [6, 6.07) is 4.22. The van der Waals surface area contributed by atoms with Crippen LogP contribution in [0, 0.1) is 23.2 Å². The lowest BCUT2D eigenvalue weighted by Gasteiger charge is -2.11. The molecule has 2 atom stereocenters. The molecule has 0 spiro atoms. The standard InChI is InChI=1S/C13H9F3N2O3/c14-13(15,16)10-3-7(2-1-6(10)5-17)18-11(19)8-4-9(8)12(20)21/h1-3,8-9H,4H2,(H,18,19)(H,20,21)/t8-,9+/m1/s1. The first kappa shape index (κ1) is 14.8. The second-order valence-corrected chi connectivity index (χ2v) is 4.65. The van der Waals surface area contributed by atoms with Gasteiger partial charge in [-0.3, -0.25) is 9.59 Å². The molecule has 1 aliphatic rings. The minimum atomic E-state index is -4.71. The fourth-order valence-electron chi connectivity index (χ4n) is 1.95. The second-order valence-electron chi connectivity index (χ2n) is 4.65. The van der Waals surface area contributed by atoms with Crippen LogP contribution in [-0.4, -0.2) is 17.0 Å². The van der Waals surface area contributed by atoms with Crippen LogP contribution in [0.4, 0.5) is 18.9 Å². The SMILES string of the molecule is N#Cc1ccc(NC(=O)[C@@H]2C[C@@H]2C(=O)O)cc1C(F)(F)F. The molecule has 5 nitrogen and oxygen atoms in total. The first-order valence-electron chi connectivity index (χ1n) is 5.89. The number of carbonyl (C=O) groups is 2. The number of carboxylic acid groups (broad SMARTS) is 1. The number of amides is 1. The zero-order valence-electron chi connectivity index (χ0n) is 10.4. The number of anilines is 1. The number of hydrogen-bond acceptors (Lipinski definition) is 3. The topological polar surface area (TPSA) is 90.2 Å². The normalized spacial score (nSPS) is 20.5. The van der Waals surface area contributed by atoms with Gasteiger partial charge in [0, 0.05) is 5.69 Å². The molecule has 1 amide bonds. The van der Waals surface area contributed by atoms with Crippen molar-refractivity contribution in [2.75, 3.05) is 5.32 Å². The zero-order valence-corrected chi connectivity index (χ0v) is 10.4. The monoisotopic (exact) mass is 298 g/mol. The summed E-state index contributed by atoms with van der Waals surface area (Å²) in [6.07, 6.45) is -4.54. The summed E-state index contributed by atoms with van der Waals surface area (Å²) in [4.78, 5) is 22.3. The number of carboxylic acids is 1. The van der Waals surface area contributed by atoms with Gasteiger partial charge in [-0.2, -0.15) is 18.4 Å². The van der Waals surface area contributed by atoms with E-state index in [4.69, 9.17) is 10.4 Å². The molecule has 0 unspecified atom stereocenters. The molecule has 0 radical (unpaired) electrons. The number of carbonyl (C=O) groups excluding carboxylic acids is 1. The molecule has 2 N–H and O–H groups in total. The summed E-state index contributed by atoms with van der Waals surface area (Å²) in [5.41, 5.74) is -1.81. The highest BCUT2D eigenvalue weighted by Crippen LogP contribution is 2.40. The Hall–Kier alpha value is -2.56. The van der Waals surface area contributed by atoms with E-state index in [0.717, 1.165) is 6.07 Å². The number of halogens is 3. The minimum absolute atomic E-state index is 0.123. The highest BCUT2D eigenvalue weighted by molar-refractivity contribution is 5.98. The lowest BCUT2D eigenvalue weighted by atomic mass is 10.1. The van der Waals surface area contributed by atoms with Crippen LogP contribution in [0.1, 0.15) is 17.5 Å². The highest BCUT2D eigenvalue weighted by Gasteiger charge is 2.48. The van der Waals surface area contributed by atoms with Gasteiger partial charge in [-0.05, 0) is 24.6 Å². The molecule has 0 bridgehead atoms. The molecule has 1 fully saturated rings. The largest absolute Gasteiger partial charge is 0.481 e. The van der Waals surface area contributed by atoms with Gasteiger partial charge in [-0.1, -0.05) is 0 Å². The first-order chi connectivity index (χ1) is 9.74. The lowest BCUT2D eigenvalue weighted by molar-refractivity contribution is -0.139. The fourth-order valence-corrected chi connectivity index (χ4v) is 1.95. The van der Waals surface area contributed by atoms with E-state index in [2.05, 4.69) is 5.32 Å². The van der Waals surface area contributed by atoms with Crippen molar-refractivity contribution in [1.82, 2.24) is 0 Å². The lowest BCUT2D eigenvalue weighted by Crippen LogP contribution is -2.17. The number of nitrogens with one attached hydrogen (secondary N) is 1. The molecule has 1 aromatic carbocycles. The van der Waals surface area contributed by atoms with Crippen LogP contribution in [0.2, 0.25) is 0 Å². The summed E-state index contributed by atoms with van der Waals surface area (Å²) in [5, 5.41) is 19.6. The van der Waals surface area contributed by atoms with Crippen molar-refractivity contribution in [3.63, 3.8) is 0 Å². The van der Waals surface area contributed by atoms with E-state index in [-0.39, 0.29) is 12.1 Å². The molecule has 2 rings (SSSR count). The van der Waals surface area contributed by atoms with E-state index >= 15 is 0 Å². The van der Waals surface area contributed by atoms with Gasteiger partial charge < -0.3 is 10.4 Å². The van der Waals surface area contributed by atoms with Crippen LogP contribution in [0.25, 0.3) is 0 Å². The molecule has 8 heteroatoms. The molecular weight excluding hydrogens is 289 g/mol. The van der Waals surface area contributed by atoms with Crippen molar-refractivity contribution in [2.45, 2.75) is 12.6 Å². The van der Waals surface area contributed by atoms with Crippen LogP contribution in [0.5, 0.6) is 0 Å². The molecule has 0 aromatic heterocycles. The summed E-state index contributed by atoms with van der Waals surface area (Å²) in [7, 11) is 0. The van der Waals surface area contributed by atoms with Gasteiger partial charge in [0.25, 0.3) is 0 Å².